The fraction of sp³-hybridized carbons (Fsp3) is 0.583. The van der Waals surface area contributed by atoms with Crippen LogP contribution in [0.3, 0.4) is 0 Å². The van der Waals surface area contributed by atoms with Gasteiger partial charge in [0.25, 0.3) is 0 Å². The molecule has 0 aliphatic heterocycles. The Morgan fingerprint density at radius 2 is 2.44 bits per heavy atom. The molecule has 0 fully saturated rings. The molecule has 1 atom stereocenters. The molecule has 0 radical (unpaired) electrons. The van der Waals surface area contributed by atoms with Crippen LogP contribution in [0.2, 0.25) is 0 Å². The number of aryl methyl sites for hydroxylation is 1. The Hall–Kier alpha value is -1.29. The van der Waals surface area contributed by atoms with Gasteiger partial charge in [0, 0.05) is 19.9 Å². The number of methoxy groups -OCH3 is 1. The van der Waals surface area contributed by atoms with Crippen LogP contribution in [0.1, 0.15) is 25.1 Å². The average molecular weight is 223 g/mol. The maximum atomic E-state index is 5.22. The second-order valence-corrected chi connectivity index (χ2v) is 3.80. The maximum Gasteiger partial charge on any atom is 0.203 e. The Labute approximate surface area is 97.3 Å². The van der Waals surface area contributed by atoms with Crippen LogP contribution in [0.4, 0.5) is 5.95 Å². The topological polar surface area (TPSA) is 39.1 Å². The minimum atomic E-state index is 0.332. The van der Waals surface area contributed by atoms with Crippen LogP contribution in [-0.2, 0) is 4.74 Å². The molecule has 0 aliphatic carbocycles. The molecule has 0 bridgehead atoms. The molecular weight excluding hydrogens is 202 g/mol. The van der Waals surface area contributed by atoms with E-state index in [4.69, 9.17) is 4.74 Å². The van der Waals surface area contributed by atoms with Gasteiger partial charge in [0.1, 0.15) is 0 Å². The molecule has 0 aliphatic rings. The fourth-order valence-corrected chi connectivity index (χ4v) is 1.68. The molecule has 1 unspecified atom stereocenters. The Morgan fingerprint density at radius 1 is 1.69 bits per heavy atom. The number of imidazole rings is 1. The van der Waals surface area contributed by atoms with Gasteiger partial charge in [0.15, 0.2) is 0 Å². The predicted molar refractivity (Wildman–Crippen MR) is 66.9 cm³/mol. The summed E-state index contributed by atoms with van der Waals surface area (Å²) in [4.78, 5) is 4.45. The number of hydrogen-bond donors (Lipinski definition) is 1. The van der Waals surface area contributed by atoms with Gasteiger partial charge in [-0.15, -0.1) is 6.58 Å². The Balaban J connectivity index is 2.86. The van der Waals surface area contributed by atoms with Gasteiger partial charge in [-0.1, -0.05) is 13.0 Å². The van der Waals surface area contributed by atoms with Crippen molar-refractivity contribution in [2.24, 2.45) is 0 Å². The minimum absolute atomic E-state index is 0.332. The van der Waals surface area contributed by atoms with Crippen molar-refractivity contribution in [3.8, 4) is 0 Å². The number of ether oxygens (including phenoxy) is 1. The van der Waals surface area contributed by atoms with Gasteiger partial charge < -0.3 is 14.6 Å². The summed E-state index contributed by atoms with van der Waals surface area (Å²) in [6.07, 6.45) is 4.90. The van der Waals surface area contributed by atoms with Crippen LogP contribution in [0, 0.1) is 6.92 Å². The number of anilines is 1. The summed E-state index contributed by atoms with van der Waals surface area (Å²) in [6, 6.07) is 0.332. The zero-order valence-electron chi connectivity index (χ0n) is 10.4. The van der Waals surface area contributed by atoms with Crippen molar-refractivity contribution in [1.82, 2.24) is 9.55 Å². The van der Waals surface area contributed by atoms with E-state index in [-0.39, 0.29) is 0 Å². The lowest BCUT2D eigenvalue weighted by atomic mass is 10.2. The van der Waals surface area contributed by atoms with Crippen molar-refractivity contribution in [1.29, 1.82) is 0 Å². The van der Waals surface area contributed by atoms with E-state index in [1.54, 1.807) is 7.11 Å². The van der Waals surface area contributed by atoms with Crippen LogP contribution >= 0.6 is 0 Å². The molecule has 1 N–H and O–H groups in total. The zero-order valence-corrected chi connectivity index (χ0v) is 10.4. The third kappa shape index (κ3) is 3.10. The van der Waals surface area contributed by atoms with E-state index in [9.17, 15) is 0 Å². The Morgan fingerprint density at radius 3 is 3.00 bits per heavy atom. The highest BCUT2D eigenvalue weighted by Gasteiger charge is 2.13. The van der Waals surface area contributed by atoms with Gasteiger partial charge in [-0.3, -0.25) is 0 Å². The monoisotopic (exact) mass is 223 g/mol. The third-order valence-electron chi connectivity index (χ3n) is 2.48. The SMILES string of the molecule is C=CCNc1nc(C)cn1C(CC)COC. The van der Waals surface area contributed by atoms with Crippen LogP contribution in [0.15, 0.2) is 18.9 Å². The summed E-state index contributed by atoms with van der Waals surface area (Å²) in [5.41, 5.74) is 1.01. The van der Waals surface area contributed by atoms with Crippen molar-refractivity contribution in [3.63, 3.8) is 0 Å². The first-order valence-corrected chi connectivity index (χ1v) is 5.62. The largest absolute Gasteiger partial charge is 0.383 e. The van der Waals surface area contributed by atoms with Crippen LogP contribution in [-0.4, -0.2) is 29.8 Å². The average Bonchev–Trinajstić information content (AvgIpc) is 2.64. The van der Waals surface area contributed by atoms with Crippen molar-refractivity contribution in [2.45, 2.75) is 26.3 Å². The zero-order chi connectivity index (χ0) is 12.0. The van der Waals surface area contributed by atoms with Gasteiger partial charge in [0.05, 0.1) is 18.3 Å². The molecule has 90 valence electrons. The van der Waals surface area contributed by atoms with E-state index < -0.39 is 0 Å². The van der Waals surface area contributed by atoms with Gasteiger partial charge in [-0.2, -0.15) is 0 Å². The molecule has 1 aromatic heterocycles. The number of hydrogen-bond acceptors (Lipinski definition) is 3. The quantitative estimate of drug-likeness (QED) is 0.721. The van der Waals surface area contributed by atoms with E-state index in [1.165, 1.54) is 0 Å². The second kappa shape index (κ2) is 6.33. The molecule has 0 spiro atoms. The van der Waals surface area contributed by atoms with Crippen molar-refractivity contribution in [3.05, 3.63) is 24.5 Å². The first-order valence-electron chi connectivity index (χ1n) is 5.62. The lowest BCUT2D eigenvalue weighted by Crippen LogP contribution is -2.16. The molecule has 0 saturated carbocycles. The summed E-state index contributed by atoms with van der Waals surface area (Å²) in [6.45, 7) is 9.26. The molecule has 4 heteroatoms. The Bertz CT molecular complexity index is 333. The summed E-state index contributed by atoms with van der Waals surface area (Å²) in [7, 11) is 1.73. The van der Waals surface area contributed by atoms with Crippen molar-refractivity contribution >= 4 is 5.95 Å². The number of nitrogens with one attached hydrogen (secondary N) is 1. The normalized spacial score (nSPS) is 12.4. The highest BCUT2D eigenvalue weighted by atomic mass is 16.5. The Kier molecular flexibility index (Phi) is 5.05. The predicted octanol–water partition coefficient (Wildman–Crippen LogP) is 2.39. The first-order chi connectivity index (χ1) is 7.72. The van der Waals surface area contributed by atoms with E-state index in [0.29, 0.717) is 12.6 Å². The van der Waals surface area contributed by atoms with E-state index in [2.05, 4.69) is 34.6 Å². The highest BCUT2D eigenvalue weighted by molar-refractivity contribution is 5.30. The summed E-state index contributed by atoms with van der Waals surface area (Å²) in [5, 5.41) is 3.24. The molecule has 0 aromatic carbocycles. The van der Waals surface area contributed by atoms with E-state index in [1.807, 2.05) is 13.0 Å². The van der Waals surface area contributed by atoms with E-state index in [0.717, 1.165) is 24.6 Å². The van der Waals surface area contributed by atoms with Crippen LogP contribution in [0.25, 0.3) is 0 Å². The maximum absolute atomic E-state index is 5.22. The minimum Gasteiger partial charge on any atom is -0.383 e. The molecule has 1 rings (SSSR count). The van der Waals surface area contributed by atoms with E-state index >= 15 is 0 Å². The van der Waals surface area contributed by atoms with Crippen LogP contribution in [0.5, 0.6) is 0 Å². The number of aromatic nitrogens is 2. The fourth-order valence-electron chi connectivity index (χ4n) is 1.68. The summed E-state index contributed by atoms with van der Waals surface area (Å²) < 4.78 is 7.36. The lowest BCUT2D eigenvalue weighted by molar-refractivity contribution is 0.154. The number of rotatable bonds is 7. The van der Waals surface area contributed by atoms with Gasteiger partial charge in [-0.25, -0.2) is 4.98 Å². The molecule has 16 heavy (non-hydrogen) atoms. The highest BCUT2D eigenvalue weighted by Crippen LogP contribution is 2.19. The molecular formula is C12H21N3O. The summed E-state index contributed by atoms with van der Waals surface area (Å²) in [5.74, 6) is 0.890. The molecule has 4 nitrogen and oxygen atoms in total. The molecule has 0 amide bonds. The summed E-state index contributed by atoms with van der Waals surface area (Å²) >= 11 is 0. The molecule has 1 aromatic rings. The van der Waals surface area contributed by atoms with Crippen molar-refractivity contribution in [2.75, 3.05) is 25.6 Å². The van der Waals surface area contributed by atoms with Gasteiger partial charge in [0.2, 0.25) is 5.95 Å². The smallest absolute Gasteiger partial charge is 0.203 e. The van der Waals surface area contributed by atoms with Gasteiger partial charge >= 0.3 is 0 Å². The number of nitrogens with zero attached hydrogens (tertiary/aromatic N) is 2. The first kappa shape index (κ1) is 12.8. The van der Waals surface area contributed by atoms with Crippen LogP contribution < -0.4 is 5.32 Å². The lowest BCUT2D eigenvalue weighted by Gasteiger charge is -2.18. The molecule has 1 heterocycles. The molecule has 0 saturated heterocycles. The van der Waals surface area contributed by atoms with Gasteiger partial charge in [-0.05, 0) is 13.3 Å². The third-order valence-corrected chi connectivity index (χ3v) is 2.48. The second-order valence-electron chi connectivity index (χ2n) is 3.80. The van der Waals surface area contributed by atoms with Crippen molar-refractivity contribution < 1.29 is 4.74 Å². The standard InChI is InChI=1S/C12H21N3O/c1-5-7-13-12-14-10(3)8-15(12)11(6-2)9-16-4/h5,8,11H,1,6-7,9H2,2-4H3,(H,13,14).